The quantitative estimate of drug-likeness (QED) is 0.855. The SMILES string of the molecule is O=C(Cc1ccccc1)N1CCCC1c1ccncc1. The lowest BCUT2D eigenvalue weighted by Gasteiger charge is -2.25. The summed E-state index contributed by atoms with van der Waals surface area (Å²) in [7, 11) is 0. The van der Waals surface area contributed by atoms with Crippen LogP contribution in [0.5, 0.6) is 0 Å². The van der Waals surface area contributed by atoms with Crippen molar-refractivity contribution >= 4 is 5.91 Å². The Morgan fingerprint density at radius 2 is 1.90 bits per heavy atom. The summed E-state index contributed by atoms with van der Waals surface area (Å²) in [5.41, 5.74) is 2.27. The first kappa shape index (κ1) is 12.9. The summed E-state index contributed by atoms with van der Waals surface area (Å²) >= 11 is 0. The molecule has 3 heteroatoms. The Kier molecular flexibility index (Phi) is 3.77. The fourth-order valence-electron chi connectivity index (χ4n) is 2.87. The molecule has 1 amide bonds. The number of amides is 1. The number of aromatic nitrogens is 1. The van der Waals surface area contributed by atoms with Crippen LogP contribution in [0.2, 0.25) is 0 Å². The van der Waals surface area contributed by atoms with Gasteiger partial charge in [-0.25, -0.2) is 0 Å². The van der Waals surface area contributed by atoms with Crippen LogP contribution in [0.3, 0.4) is 0 Å². The zero-order chi connectivity index (χ0) is 13.8. The maximum absolute atomic E-state index is 12.5. The highest BCUT2D eigenvalue weighted by Crippen LogP contribution is 2.31. The molecule has 0 aliphatic carbocycles. The number of hydrogen-bond donors (Lipinski definition) is 0. The molecule has 1 aromatic carbocycles. The van der Waals surface area contributed by atoms with Gasteiger partial charge in [0, 0.05) is 18.9 Å². The second-order valence-electron chi connectivity index (χ2n) is 5.19. The molecule has 20 heavy (non-hydrogen) atoms. The van der Waals surface area contributed by atoms with Crippen LogP contribution in [0.15, 0.2) is 54.9 Å². The standard InChI is InChI=1S/C17H18N2O/c20-17(13-14-5-2-1-3-6-14)19-12-4-7-16(19)15-8-10-18-11-9-15/h1-3,5-6,8-11,16H,4,7,12-13H2. The predicted molar refractivity (Wildman–Crippen MR) is 78.1 cm³/mol. The zero-order valence-corrected chi connectivity index (χ0v) is 11.4. The highest BCUT2D eigenvalue weighted by atomic mass is 16.2. The van der Waals surface area contributed by atoms with E-state index in [0.717, 1.165) is 24.9 Å². The van der Waals surface area contributed by atoms with E-state index in [1.807, 2.05) is 47.4 Å². The van der Waals surface area contributed by atoms with E-state index in [2.05, 4.69) is 4.98 Å². The number of hydrogen-bond acceptors (Lipinski definition) is 2. The second-order valence-corrected chi connectivity index (χ2v) is 5.19. The van der Waals surface area contributed by atoms with Crippen LogP contribution in [-0.4, -0.2) is 22.3 Å². The Morgan fingerprint density at radius 3 is 2.65 bits per heavy atom. The third kappa shape index (κ3) is 2.72. The minimum atomic E-state index is 0.217. The van der Waals surface area contributed by atoms with Gasteiger partial charge < -0.3 is 4.90 Å². The first-order valence-electron chi connectivity index (χ1n) is 7.08. The number of likely N-dealkylation sites (tertiary alicyclic amines) is 1. The maximum atomic E-state index is 12.5. The minimum absolute atomic E-state index is 0.217. The molecule has 1 unspecified atom stereocenters. The summed E-state index contributed by atoms with van der Waals surface area (Å²) in [5, 5.41) is 0. The largest absolute Gasteiger partial charge is 0.335 e. The summed E-state index contributed by atoms with van der Waals surface area (Å²) in [6, 6.07) is 14.2. The molecular formula is C17H18N2O. The maximum Gasteiger partial charge on any atom is 0.227 e. The monoisotopic (exact) mass is 266 g/mol. The Balaban J connectivity index is 1.74. The van der Waals surface area contributed by atoms with E-state index < -0.39 is 0 Å². The van der Waals surface area contributed by atoms with Crippen LogP contribution >= 0.6 is 0 Å². The van der Waals surface area contributed by atoms with E-state index >= 15 is 0 Å². The fourth-order valence-corrected chi connectivity index (χ4v) is 2.87. The second kappa shape index (κ2) is 5.87. The van der Waals surface area contributed by atoms with Crippen LogP contribution in [0, 0.1) is 0 Å². The van der Waals surface area contributed by atoms with Crippen molar-refractivity contribution in [2.24, 2.45) is 0 Å². The van der Waals surface area contributed by atoms with E-state index in [1.54, 1.807) is 12.4 Å². The summed E-state index contributed by atoms with van der Waals surface area (Å²) in [4.78, 5) is 18.6. The van der Waals surface area contributed by atoms with Crippen molar-refractivity contribution in [2.45, 2.75) is 25.3 Å². The molecule has 2 heterocycles. The normalized spacial score (nSPS) is 18.2. The van der Waals surface area contributed by atoms with Crippen molar-refractivity contribution in [3.63, 3.8) is 0 Å². The Labute approximate surface area is 119 Å². The number of rotatable bonds is 3. The first-order chi connectivity index (χ1) is 9.84. The van der Waals surface area contributed by atoms with Gasteiger partial charge in [0.1, 0.15) is 0 Å². The van der Waals surface area contributed by atoms with Gasteiger partial charge >= 0.3 is 0 Å². The third-order valence-electron chi connectivity index (χ3n) is 3.86. The van der Waals surface area contributed by atoms with Crippen LogP contribution < -0.4 is 0 Å². The number of benzene rings is 1. The average molecular weight is 266 g/mol. The lowest BCUT2D eigenvalue weighted by molar-refractivity contribution is -0.131. The highest BCUT2D eigenvalue weighted by Gasteiger charge is 2.29. The first-order valence-corrected chi connectivity index (χ1v) is 7.08. The molecule has 1 saturated heterocycles. The summed E-state index contributed by atoms with van der Waals surface area (Å²) < 4.78 is 0. The van der Waals surface area contributed by atoms with Gasteiger partial charge in [0.25, 0.3) is 0 Å². The summed E-state index contributed by atoms with van der Waals surface area (Å²) in [5.74, 6) is 0.218. The van der Waals surface area contributed by atoms with Crippen LogP contribution in [-0.2, 0) is 11.2 Å². The third-order valence-corrected chi connectivity index (χ3v) is 3.86. The molecule has 3 nitrogen and oxygen atoms in total. The summed E-state index contributed by atoms with van der Waals surface area (Å²) in [6.45, 7) is 0.860. The topological polar surface area (TPSA) is 33.2 Å². The fraction of sp³-hybridized carbons (Fsp3) is 0.294. The number of carbonyl (C=O) groups is 1. The van der Waals surface area contributed by atoms with Crippen molar-refractivity contribution in [2.75, 3.05) is 6.54 Å². The molecular weight excluding hydrogens is 248 g/mol. The van der Waals surface area contributed by atoms with Crippen molar-refractivity contribution in [3.8, 4) is 0 Å². The molecule has 0 N–H and O–H groups in total. The van der Waals surface area contributed by atoms with Gasteiger partial charge in [-0.3, -0.25) is 9.78 Å². The molecule has 1 aromatic heterocycles. The molecule has 2 aromatic rings. The smallest absolute Gasteiger partial charge is 0.227 e. The van der Waals surface area contributed by atoms with Gasteiger partial charge in [0.05, 0.1) is 12.5 Å². The molecule has 0 spiro atoms. The van der Waals surface area contributed by atoms with E-state index in [0.29, 0.717) is 6.42 Å². The van der Waals surface area contributed by atoms with Crippen molar-refractivity contribution < 1.29 is 4.79 Å². The van der Waals surface area contributed by atoms with Crippen molar-refractivity contribution in [1.29, 1.82) is 0 Å². The lowest BCUT2D eigenvalue weighted by atomic mass is 10.1. The molecule has 3 rings (SSSR count). The van der Waals surface area contributed by atoms with Crippen molar-refractivity contribution in [3.05, 3.63) is 66.0 Å². The molecule has 0 radical (unpaired) electrons. The van der Waals surface area contributed by atoms with Gasteiger partial charge in [-0.15, -0.1) is 0 Å². The minimum Gasteiger partial charge on any atom is -0.335 e. The molecule has 102 valence electrons. The average Bonchev–Trinajstić information content (AvgIpc) is 2.99. The summed E-state index contributed by atoms with van der Waals surface area (Å²) in [6.07, 6.45) is 6.21. The van der Waals surface area contributed by atoms with Gasteiger partial charge in [-0.2, -0.15) is 0 Å². The molecule has 1 aliphatic rings. The van der Waals surface area contributed by atoms with Gasteiger partial charge in [-0.1, -0.05) is 30.3 Å². The Hall–Kier alpha value is -2.16. The molecule has 1 aliphatic heterocycles. The van der Waals surface area contributed by atoms with Crippen molar-refractivity contribution in [1.82, 2.24) is 9.88 Å². The van der Waals surface area contributed by atoms with Crippen LogP contribution in [0.25, 0.3) is 0 Å². The van der Waals surface area contributed by atoms with E-state index in [1.165, 1.54) is 5.56 Å². The Morgan fingerprint density at radius 1 is 1.15 bits per heavy atom. The predicted octanol–water partition coefficient (Wildman–Crippen LogP) is 2.99. The van der Waals surface area contributed by atoms with Gasteiger partial charge in [-0.05, 0) is 36.1 Å². The van der Waals surface area contributed by atoms with E-state index in [9.17, 15) is 4.79 Å². The van der Waals surface area contributed by atoms with E-state index in [4.69, 9.17) is 0 Å². The highest BCUT2D eigenvalue weighted by molar-refractivity contribution is 5.79. The van der Waals surface area contributed by atoms with Gasteiger partial charge in [0.15, 0.2) is 0 Å². The lowest BCUT2D eigenvalue weighted by Crippen LogP contribution is -2.31. The van der Waals surface area contributed by atoms with Crippen LogP contribution in [0.1, 0.15) is 30.0 Å². The number of nitrogens with zero attached hydrogens (tertiary/aromatic N) is 2. The Bertz CT molecular complexity index is 568. The molecule has 0 bridgehead atoms. The van der Waals surface area contributed by atoms with Gasteiger partial charge in [0.2, 0.25) is 5.91 Å². The van der Waals surface area contributed by atoms with Crippen LogP contribution in [0.4, 0.5) is 0 Å². The van der Waals surface area contributed by atoms with E-state index in [-0.39, 0.29) is 11.9 Å². The molecule has 1 atom stereocenters. The zero-order valence-electron chi connectivity index (χ0n) is 11.4. The number of pyridine rings is 1. The number of carbonyl (C=O) groups excluding carboxylic acids is 1. The molecule has 1 fully saturated rings. The molecule has 0 saturated carbocycles.